The van der Waals surface area contributed by atoms with Crippen LogP contribution in [0.25, 0.3) is 10.8 Å². The SMILES string of the molecule is C=CCO[C@@]12Oc3ccc(OCc4cccc(C)n4)cc3[C@H]3[C@H](CCCCO)[C@@H](CCCCO)C=C(C(=NOCc4ccccc4)C[C@@H]1N(C)C(=O)c1ccc4ccccc4c1)[C@H]32. The number of oxime groups is 1. The van der Waals surface area contributed by atoms with E-state index in [-0.39, 0.29) is 50.1 Å². The summed E-state index contributed by atoms with van der Waals surface area (Å²) in [6.07, 6.45) is 9.11. The minimum atomic E-state index is -1.36. The van der Waals surface area contributed by atoms with E-state index in [2.05, 4.69) is 23.7 Å². The van der Waals surface area contributed by atoms with Gasteiger partial charge in [-0.3, -0.25) is 9.78 Å². The van der Waals surface area contributed by atoms with Crippen LogP contribution in [0.15, 0.2) is 139 Å². The molecular weight excluding hydrogens is 791 g/mol. The largest absolute Gasteiger partial charge is 0.487 e. The first-order chi connectivity index (χ1) is 30.8. The molecule has 6 atom stereocenters. The molecule has 0 bridgehead atoms. The van der Waals surface area contributed by atoms with Crippen LogP contribution in [-0.2, 0) is 22.8 Å². The fourth-order valence-corrected chi connectivity index (χ4v) is 10.1. The summed E-state index contributed by atoms with van der Waals surface area (Å²) in [5.74, 6) is -0.598. The summed E-state index contributed by atoms with van der Waals surface area (Å²) in [5, 5.41) is 26.9. The highest BCUT2D eigenvalue weighted by Gasteiger charge is 2.65. The second-order valence-corrected chi connectivity index (χ2v) is 17.1. The minimum absolute atomic E-state index is 0.0822. The number of unbranched alkanes of at least 4 members (excludes halogenated alkanes) is 2. The van der Waals surface area contributed by atoms with Crippen molar-refractivity contribution in [1.82, 2.24) is 9.88 Å². The summed E-state index contributed by atoms with van der Waals surface area (Å²) in [5.41, 5.74) is 6.02. The molecule has 0 saturated heterocycles. The number of fused-ring (bicyclic) bond motifs is 3. The number of aliphatic hydroxyl groups is 2. The fraction of sp³-hybridized carbons (Fsp3) is 0.377. The standard InChI is InChI=1S/C53H59N3O7/c1-4-29-61-53-49(56(3)52(59)41-24-23-38-18-8-9-19-39(38)30-41)33-47(55-62-34-37-16-6-5-7-17-37)45-31-40(20-10-12-27-57)44(22-11-13-28-58)50(51(45)53)46-32-43(25-26-48(46)63-53)60-35-42-21-14-15-36(2)54-42/h4-9,14-19,21,23-26,30-32,40,44,49-51,57-58H,1,10-13,20,22,27-29,33-35H2,2-3H3/t40-,44+,49-,50+,51+,53+/m0/s1. The second kappa shape index (κ2) is 20.1. The average Bonchev–Trinajstić information content (AvgIpc) is 3.31. The van der Waals surface area contributed by atoms with E-state index in [9.17, 15) is 15.0 Å². The molecule has 10 nitrogen and oxygen atoms in total. The number of aromatic nitrogens is 1. The monoisotopic (exact) mass is 849 g/mol. The highest BCUT2D eigenvalue weighted by molar-refractivity contribution is 6.04. The lowest BCUT2D eigenvalue weighted by Crippen LogP contribution is -2.69. The Morgan fingerprint density at radius 1 is 0.905 bits per heavy atom. The predicted molar refractivity (Wildman–Crippen MR) is 246 cm³/mol. The van der Waals surface area contributed by atoms with Crippen LogP contribution in [0, 0.1) is 24.7 Å². The van der Waals surface area contributed by atoms with Crippen LogP contribution in [0.1, 0.15) is 83.7 Å². The van der Waals surface area contributed by atoms with Crippen LogP contribution in [0.5, 0.6) is 11.5 Å². The molecule has 0 radical (unpaired) electrons. The van der Waals surface area contributed by atoms with Crippen molar-refractivity contribution in [2.45, 2.75) is 82.8 Å². The number of aliphatic hydroxyl groups excluding tert-OH is 2. The normalized spacial score (nSPS) is 23.0. The van der Waals surface area contributed by atoms with E-state index in [1.807, 2.05) is 117 Å². The topological polar surface area (TPSA) is 123 Å². The number of ether oxygens (including phenoxy) is 3. The summed E-state index contributed by atoms with van der Waals surface area (Å²) in [7, 11) is 1.84. The molecule has 328 valence electrons. The van der Waals surface area contributed by atoms with Gasteiger partial charge in [0.15, 0.2) is 0 Å². The third-order valence-corrected chi connectivity index (χ3v) is 13.0. The van der Waals surface area contributed by atoms with Crippen molar-refractivity contribution in [2.24, 2.45) is 22.9 Å². The van der Waals surface area contributed by atoms with Gasteiger partial charge in [-0.25, -0.2) is 0 Å². The molecule has 2 heterocycles. The van der Waals surface area contributed by atoms with E-state index in [0.717, 1.165) is 70.3 Å². The molecule has 1 fully saturated rings. The molecule has 63 heavy (non-hydrogen) atoms. The van der Waals surface area contributed by atoms with Crippen molar-refractivity contribution in [3.05, 3.63) is 162 Å². The lowest BCUT2D eigenvalue weighted by molar-refractivity contribution is -0.252. The van der Waals surface area contributed by atoms with Crippen molar-refractivity contribution in [3.8, 4) is 11.5 Å². The van der Waals surface area contributed by atoms with Gasteiger partial charge in [-0.15, -0.1) is 6.58 Å². The molecule has 2 N–H and O–H groups in total. The van der Waals surface area contributed by atoms with Crippen LogP contribution < -0.4 is 9.47 Å². The first-order valence-electron chi connectivity index (χ1n) is 22.4. The number of amides is 1. The molecule has 1 aromatic heterocycles. The van der Waals surface area contributed by atoms with Crippen molar-refractivity contribution < 1.29 is 34.1 Å². The van der Waals surface area contributed by atoms with Crippen LogP contribution in [0.2, 0.25) is 0 Å². The number of pyridine rings is 1. The van der Waals surface area contributed by atoms with E-state index in [4.69, 9.17) is 24.2 Å². The number of hydrogen-bond donors (Lipinski definition) is 2. The molecule has 0 spiro atoms. The van der Waals surface area contributed by atoms with Gasteiger partial charge in [0.2, 0.25) is 5.79 Å². The molecule has 5 aromatic rings. The highest BCUT2D eigenvalue weighted by Crippen LogP contribution is 2.62. The zero-order chi connectivity index (χ0) is 43.8. The number of allylic oxidation sites excluding steroid dienone is 1. The average molecular weight is 850 g/mol. The number of rotatable bonds is 19. The molecule has 10 heteroatoms. The molecule has 2 aliphatic carbocycles. The molecule has 1 saturated carbocycles. The smallest absolute Gasteiger partial charge is 0.254 e. The van der Waals surface area contributed by atoms with Gasteiger partial charge in [0.05, 0.1) is 23.9 Å². The van der Waals surface area contributed by atoms with Gasteiger partial charge >= 0.3 is 0 Å². The number of hydrogen-bond acceptors (Lipinski definition) is 9. The first-order valence-corrected chi connectivity index (χ1v) is 22.4. The van der Waals surface area contributed by atoms with E-state index >= 15 is 0 Å². The van der Waals surface area contributed by atoms with E-state index in [1.54, 1.807) is 11.0 Å². The van der Waals surface area contributed by atoms with Crippen molar-refractivity contribution in [2.75, 3.05) is 26.9 Å². The van der Waals surface area contributed by atoms with E-state index in [0.29, 0.717) is 42.9 Å². The number of likely N-dealkylation sites (N-methyl/N-ethyl adjacent to an activating group) is 1. The highest BCUT2D eigenvalue weighted by atomic mass is 16.7. The number of benzene rings is 4. The number of nitrogens with zero attached hydrogens (tertiary/aromatic N) is 3. The predicted octanol–water partition coefficient (Wildman–Crippen LogP) is 9.73. The lowest BCUT2D eigenvalue weighted by Gasteiger charge is -2.59. The Hall–Kier alpha value is -5.81. The van der Waals surface area contributed by atoms with Crippen LogP contribution in [0.4, 0.5) is 0 Å². The Bertz CT molecular complexity index is 2430. The summed E-state index contributed by atoms with van der Waals surface area (Å²) in [4.78, 5) is 27.6. The van der Waals surface area contributed by atoms with E-state index in [1.165, 1.54) is 0 Å². The maximum absolute atomic E-state index is 14.9. The Morgan fingerprint density at radius 2 is 1.68 bits per heavy atom. The van der Waals surface area contributed by atoms with Crippen LogP contribution in [0.3, 0.4) is 0 Å². The molecule has 0 unspecified atom stereocenters. The van der Waals surface area contributed by atoms with Crippen molar-refractivity contribution in [1.29, 1.82) is 0 Å². The maximum atomic E-state index is 14.9. The van der Waals surface area contributed by atoms with Gasteiger partial charge < -0.3 is 34.2 Å². The lowest BCUT2D eigenvalue weighted by atomic mass is 9.55. The fourth-order valence-electron chi connectivity index (χ4n) is 10.1. The summed E-state index contributed by atoms with van der Waals surface area (Å²) in [6, 6.07) is 35.1. The van der Waals surface area contributed by atoms with Crippen LogP contribution >= 0.6 is 0 Å². The van der Waals surface area contributed by atoms with Gasteiger partial charge in [-0.2, -0.15) is 0 Å². The summed E-state index contributed by atoms with van der Waals surface area (Å²) >= 11 is 0. The first kappa shape index (κ1) is 43.8. The van der Waals surface area contributed by atoms with Crippen molar-refractivity contribution >= 4 is 22.4 Å². The van der Waals surface area contributed by atoms with Crippen LogP contribution in [-0.4, -0.2) is 70.4 Å². The Labute approximate surface area is 370 Å². The minimum Gasteiger partial charge on any atom is -0.487 e. The third-order valence-electron chi connectivity index (χ3n) is 13.0. The summed E-state index contributed by atoms with van der Waals surface area (Å²) in [6.45, 7) is 7.01. The molecular formula is C53H59N3O7. The Morgan fingerprint density at radius 3 is 2.46 bits per heavy atom. The van der Waals surface area contributed by atoms with Gasteiger partial charge in [0, 0.05) is 49.4 Å². The zero-order valence-corrected chi connectivity index (χ0v) is 36.4. The van der Waals surface area contributed by atoms with Gasteiger partial charge in [0.25, 0.3) is 5.91 Å². The zero-order valence-electron chi connectivity index (χ0n) is 36.4. The molecule has 1 amide bonds. The quantitative estimate of drug-likeness (QED) is 0.0479. The number of aryl methyl sites for hydroxylation is 1. The molecule has 4 aromatic carbocycles. The van der Waals surface area contributed by atoms with E-state index < -0.39 is 17.7 Å². The van der Waals surface area contributed by atoms with Crippen molar-refractivity contribution in [3.63, 3.8) is 0 Å². The number of carbonyl (C=O) groups excluding carboxylic acids is 1. The Kier molecular flexibility index (Phi) is 14.0. The molecule has 3 aliphatic rings. The number of carbonyl (C=O) groups is 1. The molecule has 1 aliphatic heterocycles. The van der Waals surface area contributed by atoms with Gasteiger partial charge in [-0.05, 0) is 109 Å². The Balaban J connectivity index is 1.29. The third kappa shape index (κ3) is 9.44. The van der Waals surface area contributed by atoms with Gasteiger partial charge in [0.1, 0.15) is 30.8 Å². The maximum Gasteiger partial charge on any atom is 0.254 e. The van der Waals surface area contributed by atoms with Gasteiger partial charge in [-0.1, -0.05) is 96.9 Å². The second-order valence-electron chi connectivity index (χ2n) is 17.1. The summed E-state index contributed by atoms with van der Waals surface area (Å²) < 4.78 is 20.9. The molecule has 8 rings (SSSR count).